The lowest BCUT2D eigenvalue weighted by Crippen LogP contribution is -2.40. The number of amides is 1. The van der Waals surface area contributed by atoms with E-state index in [0.29, 0.717) is 17.9 Å². The van der Waals surface area contributed by atoms with E-state index >= 15 is 0 Å². The fourth-order valence-corrected chi connectivity index (χ4v) is 4.99. The molecular formula is C30H30N6O7S. The first-order chi connectivity index (χ1) is 21.1. The number of fused-ring (bicyclic) bond motifs is 1. The minimum atomic E-state index is -1.20. The van der Waals surface area contributed by atoms with Crippen molar-refractivity contribution >= 4 is 46.2 Å². The van der Waals surface area contributed by atoms with Crippen molar-refractivity contribution in [2.24, 2.45) is 0 Å². The van der Waals surface area contributed by atoms with Crippen LogP contribution in [0.1, 0.15) is 35.5 Å². The Balaban J connectivity index is 0.00000104. The standard InChI is InChI=1S/C28H26N6O5S.C2H4O2/c1-17-15-34(23(13-24(35)36)32-28(38)39-16-18-7-3-2-4-8-18)27(37)33-25(17)29-14-19-11-12-22(40-19)26-30-20-9-5-6-10-21(20)31-26;1-2(3)4/h2-12,15,23H,13-14,16H2,1H3,(H,30,31)(H,32,38)(H,35,36)(H,29,33,37);1H3,(H,3,4). The summed E-state index contributed by atoms with van der Waals surface area (Å²) in [6.07, 6.45) is -1.10. The SMILES string of the molecule is CC(=O)O.Cc1cn(C(CC(=O)O)NC(=O)OCc2ccccc2)c(=O)nc1NCc1ccc(-c2nc3ccccc3[nH]2)s1. The number of ether oxygens (including phenoxy) is 1. The Morgan fingerprint density at radius 1 is 1.02 bits per heavy atom. The monoisotopic (exact) mass is 618 g/mol. The van der Waals surface area contributed by atoms with Crippen molar-refractivity contribution in [1.82, 2.24) is 24.8 Å². The molecule has 5 rings (SSSR count). The number of imidazole rings is 1. The van der Waals surface area contributed by atoms with Gasteiger partial charge in [0.2, 0.25) is 0 Å². The van der Waals surface area contributed by atoms with Gasteiger partial charge in [0.05, 0.1) is 28.9 Å². The van der Waals surface area contributed by atoms with Crippen molar-refractivity contribution in [3.8, 4) is 10.7 Å². The first-order valence-corrected chi connectivity index (χ1v) is 14.2. The van der Waals surface area contributed by atoms with Crippen LogP contribution in [0.25, 0.3) is 21.7 Å². The summed E-state index contributed by atoms with van der Waals surface area (Å²) < 4.78 is 6.28. The van der Waals surface area contributed by atoms with Crippen LogP contribution in [0, 0.1) is 6.92 Å². The lowest BCUT2D eigenvalue weighted by atomic mass is 10.2. The topological polar surface area (TPSA) is 189 Å². The van der Waals surface area contributed by atoms with E-state index in [2.05, 4.69) is 25.6 Å². The summed E-state index contributed by atoms with van der Waals surface area (Å²) in [6, 6.07) is 20.8. The number of carbonyl (C=O) groups is 3. The zero-order chi connectivity index (χ0) is 31.6. The summed E-state index contributed by atoms with van der Waals surface area (Å²) in [7, 11) is 0. The van der Waals surface area contributed by atoms with Crippen molar-refractivity contribution in [3.63, 3.8) is 0 Å². The van der Waals surface area contributed by atoms with Crippen LogP contribution in [0.2, 0.25) is 0 Å². The zero-order valence-electron chi connectivity index (χ0n) is 23.8. The van der Waals surface area contributed by atoms with Gasteiger partial charge in [-0.05, 0) is 36.8 Å². The van der Waals surface area contributed by atoms with Crippen LogP contribution < -0.4 is 16.3 Å². The molecular weight excluding hydrogens is 588 g/mol. The molecule has 0 aliphatic rings. The molecule has 1 atom stereocenters. The van der Waals surface area contributed by atoms with E-state index in [1.54, 1.807) is 30.4 Å². The molecule has 14 heteroatoms. The molecule has 3 heterocycles. The quantitative estimate of drug-likeness (QED) is 0.146. The molecule has 0 saturated carbocycles. The fraction of sp³-hybridized carbons (Fsp3) is 0.200. The number of aryl methyl sites for hydroxylation is 1. The van der Waals surface area contributed by atoms with Gasteiger partial charge in [-0.3, -0.25) is 14.2 Å². The minimum Gasteiger partial charge on any atom is -0.481 e. The molecule has 0 saturated heterocycles. The van der Waals surface area contributed by atoms with Crippen LogP contribution in [0.15, 0.2) is 77.7 Å². The highest BCUT2D eigenvalue weighted by Crippen LogP contribution is 2.28. The number of aromatic amines is 1. The summed E-state index contributed by atoms with van der Waals surface area (Å²) in [5, 5.41) is 22.4. The third kappa shape index (κ3) is 8.75. The Labute approximate surface area is 255 Å². The van der Waals surface area contributed by atoms with Crippen LogP contribution in [0.5, 0.6) is 0 Å². The van der Waals surface area contributed by atoms with Gasteiger partial charge in [0.15, 0.2) is 0 Å². The number of aliphatic carboxylic acids is 2. The second-order valence-electron chi connectivity index (χ2n) is 9.52. The number of H-pyrrole nitrogens is 1. The van der Waals surface area contributed by atoms with Crippen LogP contribution in [0.4, 0.5) is 10.6 Å². The van der Waals surface area contributed by atoms with Gasteiger partial charge in [-0.2, -0.15) is 4.98 Å². The molecule has 0 radical (unpaired) electrons. The molecule has 1 amide bonds. The van der Waals surface area contributed by atoms with E-state index in [0.717, 1.165) is 43.7 Å². The smallest absolute Gasteiger partial charge is 0.409 e. The highest BCUT2D eigenvalue weighted by Gasteiger charge is 2.21. The number of aromatic nitrogens is 4. The van der Waals surface area contributed by atoms with E-state index in [1.807, 2.05) is 54.6 Å². The van der Waals surface area contributed by atoms with Crippen molar-refractivity contribution < 1.29 is 29.3 Å². The maximum absolute atomic E-state index is 12.9. The average Bonchev–Trinajstić information content (AvgIpc) is 3.63. The number of nitrogens with zero attached hydrogens (tertiary/aromatic N) is 3. The number of alkyl carbamates (subject to hydrolysis) is 1. The van der Waals surface area contributed by atoms with E-state index < -0.39 is 36.3 Å². The Kier molecular flexibility index (Phi) is 10.4. The summed E-state index contributed by atoms with van der Waals surface area (Å²) in [5.74, 6) is -0.882. The van der Waals surface area contributed by atoms with Crippen LogP contribution in [0.3, 0.4) is 0 Å². The number of nitrogens with one attached hydrogen (secondary N) is 3. The normalized spacial score (nSPS) is 11.2. The van der Waals surface area contributed by atoms with Crippen molar-refractivity contribution in [3.05, 3.63) is 99.4 Å². The van der Waals surface area contributed by atoms with Crippen LogP contribution >= 0.6 is 11.3 Å². The number of carboxylic acid groups (broad SMARTS) is 2. The maximum atomic E-state index is 12.9. The summed E-state index contributed by atoms with van der Waals surface area (Å²) in [6.45, 7) is 3.25. The predicted molar refractivity (Wildman–Crippen MR) is 164 cm³/mol. The van der Waals surface area contributed by atoms with Crippen molar-refractivity contribution in [2.45, 2.75) is 39.6 Å². The molecule has 3 aromatic heterocycles. The molecule has 13 nitrogen and oxygen atoms in total. The zero-order valence-corrected chi connectivity index (χ0v) is 24.6. The van der Waals surface area contributed by atoms with Crippen molar-refractivity contribution in [1.29, 1.82) is 0 Å². The third-order valence-corrected chi connectivity index (χ3v) is 7.14. The number of thiophene rings is 1. The molecule has 1 unspecified atom stereocenters. The highest BCUT2D eigenvalue weighted by molar-refractivity contribution is 7.15. The number of benzene rings is 2. The average molecular weight is 619 g/mol. The Morgan fingerprint density at radius 2 is 1.73 bits per heavy atom. The molecule has 44 heavy (non-hydrogen) atoms. The van der Waals surface area contributed by atoms with Gasteiger partial charge in [-0.25, -0.2) is 14.6 Å². The molecule has 0 bridgehead atoms. The number of para-hydroxylation sites is 2. The molecule has 0 fully saturated rings. The second-order valence-corrected chi connectivity index (χ2v) is 10.7. The van der Waals surface area contributed by atoms with Crippen molar-refractivity contribution in [2.75, 3.05) is 5.32 Å². The predicted octanol–water partition coefficient (Wildman–Crippen LogP) is 4.76. The number of anilines is 1. The second kappa shape index (κ2) is 14.6. The van der Waals surface area contributed by atoms with Gasteiger partial charge >= 0.3 is 17.8 Å². The van der Waals surface area contributed by atoms with Gasteiger partial charge in [0, 0.05) is 23.6 Å². The van der Waals surface area contributed by atoms with Gasteiger partial charge in [-0.1, -0.05) is 42.5 Å². The Bertz CT molecular complexity index is 1780. The lowest BCUT2D eigenvalue weighted by molar-refractivity contribution is -0.138. The van der Waals surface area contributed by atoms with E-state index in [-0.39, 0.29) is 6.61 Å². The molecule has 0 aliphatic heterocycles. The Hall–Kier alpha value is -5.50. The third-order valence-electron chi connectivity index (χ3n) is 6.05. The molecule has 0 spiro atoms. The summed E-state index contributed by atoms with van der Waals surface area (Å²) >= 11 is 1.56. The molecule has 5 N–H and O–H groups in total. The molecule has 228 valence electrons. The number of carboxylic acids is 2. The molecule has 0 aliphatic carbocycles. The number of carbonyl (C=O) groups excluding carboxylic acids is 1. The van der Waals surface area contributed by atoms with E-state index in [4.69, 9.17) is 14.6 Å². The summed E-state index contributed by atoms with van der Waals surface area (Å²) in [4.78, 5) is 59.8. The number of rotatable bonds is 10. The van der Waals surface area contributed by atoms with Gasteiger partial charge < -0.3 is 30.6 Å². The minimum absolute atomic E-state index is 0.00226. The molecule has 2 aromatic carbocycles. The highest BCUT2D eigenvalue weighted by atomic mass is 32.1. The maximum Gasteiger partial charge on any atom is 0.409 e. The van der Waals surface area contributed by atoms with Gasteiger partial charge in [0.25, 0.3) is 5.97 Å². The first kappa shape index (κ1) is 31.4. The number of hydrogen-bond donors (Lipinski definition) is 5. The largest absolute Gasteiger partial charge is 0.481 e. The molecule has 5 aromatic rings. The van der Waals surface area contributed by atoms with E-state index in [1.165, 1.54) is 6.20 Å². The van der Waals surface area contributed by atoms with E-state index in [9.17, 15) is 19.5 Å². The Morgan fingerprint density at radius 3 is 2.43 bits per heavy atom. The van der Waals surface area contributed by atoms with Gasteiger partial charge in [-0.15, -0.1) is 11.3 Å². The van der Waals surface area contributed by atoms with Crippen LogP contribution in [-0.4, -0.2) is 47.8 Å². The van der Waals surface area contributed by atoms with Gasteiger partial charge in [0.1, 0.15) is 24.4 Å². The fourth-order valence-electron chi connectivity index (χ4n) is 4.09. The lowest BCUT2D eigenvalue weighted by Gasteiger charge is -2.20. The number of hydrogen-bond acceptors (Lipinski definition) is 9. The first-order valence-electron chi connectivity index (χ1n) is 13.3. The van der Waals surface area contributed by atoms with Crippen LogP contribution in [-0.2, 0) is 27.5 Å². The summed E-state index contributed by atoms with van der Waals surface area (Å²) in [5.41, 5.74) is 2.52.